The molecule has 0 saturated carbocycles. The Balaban J connectivity index is 1.26. The molecule has 12 nitrogen and oxygen atoms in total. The molecule has 0 unspecified atom stereocenters. The highest BCUT2D eigenvalue weighted by molar-refractivity contribution is 6.00. The van der Waals surface area contributed by atoms with Gasteiger partial charge in [-0.05, 0) is 48.4 Å². The largest absolute Gasteiger partial charge is 0.496 e. The number of ether oxygens (including phenoxy) is 5. The molecule has 0 aromatic heterocycles. The minimum Gasteiger partial charge on any atom is -0.496 e. The van der Waals surface area contributed by atoms with E-state index >= 15 is 0 Å². The monoisotopic (exact) mass is 658 g/mol. The van der Waals surface area contributed by atoms with Crippen molar-refractivity contribution in [3.63, 3.8) is 0 Å². The number of nitrogens with one attached hydrogen (secondary N) is 2. The number of rotatable bonds is 4. The maximum absolute atomic E-state index is 14.0. The number of likely N-dealkylation sites (tertiary alicyclic amines) is 1. The summed E-state index contributed by atoms with van der Waals surface area (Å²) >= 11 is 0. The molecule has 2 atom stereocenters. The van der Waals surface area contributed by atoms with E-state index < -0.39 is 12.1 Å². The van der Waals surface area contributed by atoms with Gasteiger partial charge in [-0.1, -0.05) is 18.2 Å². The first-order chi connectivity index (χ1) is 23.4. The van der Waals surface area contributed by atoms with Crippen LogP contribution in [0.25, 0.3) is 0 Å². The number of amides is 3. The van der Waals surface area contributed by atoms with Crippen molar-refractivity contribution < 1.29 is 38.1 Å². The highest BCUT2D eigenvalue weighted by Gasteiger charge is 2.35. The highest BCUT2D eigenvalue weighted by atomic mass is 16.5. The lowest BCUT2D eigenvalue weighted by Gasteiger charge is -2.39. The van der Waals surface area contributed by atoms with Crippen LogP contribution in [0.4, 0.5) is 5.69 Å². The second-order valence-electron chi connectivity index (χ2n) is 12.0. The molecule has 254 valence electrons. The van der Waals surface area contributed by atoms with Gasteiger partial charge in [0.1, 0.15) is 17.6 Å². The van der Waals surface area contributed by atoms with Crippen LogP contribution in [0.3, 0.4) is 0 Å². The van der Waals surface area contributed by atoms with Gasteiger partial charge >= 0.3 is 0 Å². The lowest BCUT2D eigenvalue weighted by atomic mass is 10.00. The first kappa shape index (κ1) is 33.0. The Kier molecular flexibility index (Phi) is 10.5. The lowest BCUT2D eigenvalue weighted by molar-refractivity contribution is -0.125. The summed E-state index contributed by atoms with van der Waals surface area (Å²) in [6.45, 7) is 3.34. The van der Waals surface area contributed by atoms with Crippen molar-refractivity contribution in [1.29, 1.82) is 0 Å². The fourth-order valence-corrected chi connectivity index (χ4v) is 6.34. The predicted molar refractivity (Wildman–Crippen MR) is 178 cm³/mol. The molecule has 3 amide bonds. The number of carbonyl (C=O) groups excluding carboxylic acids is 3. The van der Waals surface area contributed by atoms with Crippen LogP contribution in [0.15, 0.2) is 60.7 Å². The van der Waals surface area contributed by atoms with Gasteiger partial charge in [0, 0.05) is 62.9 Å². The summed E-state index contributed by atoms with van der Waals surface area (Å²) in [5.74, 6) is 1.43. The number of piperidine rings is 1. The number of carbonyl (C=O) groups is 3. The number of aryl methyl sites for hydroxylation is 1. The van der Waals surface area contributed by atoms with Gasteiger partial charge in [0.25, 0.3) is 11.8 Å². The van der Waals surface area contributed by atoms with Crippen LogP contribution in [-0.2, 0) is 27.3 Å². The summed E-state index contributed by atoms with van der Waals surface area (Å²) in [5, 5.41) is 6.05. The van der Waals surface area contributed by atoms with Crippen LogP contribution in [0, 0.1) is 0 Å². The van der Waals surface area contributed by atoms with Crippen molar-refractivity contribution >= 4 is 23.4 Å². The number of fused-ring (bicyclic) bond motifs is 9. The third-order valence-electron chi connectivity index (χ3n) is 8.92. The van der Waals surface area contributed by atoms with E-state index in [4.69, 9.17) is 23.7 Å². The van der Waals surface area contributed by atoms with E-state index in [1.54, 1.807) is 30.2 Å². The molecular formula is C36H42N4O8. The number of hydrogen-bond acceptors (Lipinski definition) is 9. The second kappa shape index (κ2) is 15.3. The summed E-state index contributed by atoms with van der Waals surface area (Å²) in [6, 6.07) is 18.0. The van der Waals surface area contributed by atoms with E-state index in [0.717, 1.165) is 16.8 Å². The molecule has 2 fully saturated rings. The topological polar surface area (TPSA) is 128 Å². The third kappa shape index (κ3) is 7.76. The Morgan fingerprint density at radius 3 is 2.52 bits per heavy atom. The van der Waals surface area contributed by atoms with Gasteiger partial charge in [-0.25, -0.2) is 0 Å². The Morgan fingerprint density at radius 1 is 0.896 bits per heavy atom. The fourth-order valence-electron chi connectivity index (χ4n) is 6.34. The van der Waals surface area contributed by atoms with E-state index in [-0.39, 0.29) is 37.3 Å². The van der Waals surface area contributed by atoms with Crippen molar-refractivity contribution in [2.75, 3.05) is 65.1 Å². The van der Waals surface area contributed by atoms with Crippen LogP contribution >= 0.6 is 0 Å². The van der Waals surface area contributed by atoms with Crippen LogP contribution in [0.2, 0.25) is 0 Å². The minimum atomic E-state index is -0.533. The fraction of sp³-hybridized carbons (Fsp3) is 0.417. The molecule has 48 heavy (non-hydrogen) atoms. The van der Waals surface area contributed by atoms with Crippen molar-refractivity contribution in [3.05, 3.63) is 77.4 Å². The van der Waals surface area contributed by atoms with Gasteiger partial charge in [-0.15, -0.1) is 0 Å². The zero-order valence-electron chi connectivity index (χ0n) is 27.4. The number of anilines is 1. The first-order valence-electron chi connectivity index (χ1n) is 16.3. The number of hydrogen-bond donors (Lipinski definition) is 2. The van der Waals surface area contributed by atoms with Gasteiger partial charge in [0.05, 0.1) is 39.0 Å². The Labute approximate surface area is 280 Å². The van der Waals surface area contributed by atoms with E-state index in [1.165, 1.54) is 7.11 Å². The molecule has 4 bridgehead atoms. The molecule has 12 heteroatoms. The highest BCUT2D eigenvalue weighted by Crippen LogP contribution is 2.31. The molecule has 3 aromatic rings. The van der Waals surface area contributed by atoms with Gasteiger partial charge < -0.3 is 44.1 Å². The second-order valence-corrected chi connectivity index (χ2v) is 12.0. The predicted octanol–water partition coefficient (Wildman–Crippen LogP) is 2.96. The molecule has 4 aliphatic rings. The number of methoxy groups -OCH3 is 2. The molecule has 4 aliphatic heterocycles. The summed E-state index contributed by atoms with van der Waals surface area (Å²) in [6.07, 6.45) is 0.783. The number of benzene rings is 3. The zero-order valence-corrected chi connectivity index (χ0v) is 27.4. The molecule has 0 spiro atoms. The Bertz CT molecular complexity index is 1630. The van der Waals surface area contributed by atoms with E-state index in [2.05, 4.69) is 15.5 Å². The van der Waals surface area contributed by atoms with E-state index in [9.17, 15) is 14.4 Å². The van der Waals surface area contributed by atoms with Gasteiger partial charge in [-0.3, -0.25) is 14.4 Å². The zero-order chi connectivity index (χ0) is 33.5. The maximum atomic E-state index is 14.0. The van der Waals surface area contributed by atoms with Gasteiger partial charge in [0.15, 0.2) is 18.1 Å². The van der Waals surface area contributed by atoms with Crippen molar-refractivity contribution in [3.8, 4) is 23.0 Å². The third-order valence-corrected chi connectivity index (χ3v) is 8.92. The average molecular weight is 659 g/mol. The standard InChI is InChI=1S/C36H42N4O8/c1-44-31-11-7-24-8-12-34(41)37-21-25-9-10-26(20-32(25)45-2)48-30-13-14-40(22-28(30)38-35(42)23-47-33(31)19-24)36(43)27-5-3-4-6-29(27)39-15-17-46-18-16-39/h3-7,9-11,19-20,28,30H,8,12-18,21-23H2,1-2H3,(H,37,41)(H,38,42)/t28-,30+/m1/s1. The SMILES string of the molecule is COc1cc2ccc1CNC(=O)CCc1ccc(OC)c(c1)OCC(=O)N[C@@H]1CN(C(=O)c3ccccc3N3CCOCC3)CC[C@@H]1O2. The molecule has 0 aliphatic carbocycles. The Morgan fingerprint density at radius 2 is 1.71 bits per heavy atom. The van der Waals surface area contributed by atoms with Crippen LogP contribution in [0.5, 0.6) is 23.0 Å². The van der Waals surface area contributed by atoms with Crippen molar-refractivity contribution in [2.24, 2.45) is 0 Å². The normalized spacial score (nSPS) is 20.5. The summed E-state index contributed by atoms with van der Waals surface area (Å²) in [5.41, 5.74) is 3.17. The molecule has 3 aromatic carbocycles. The number of morpholine rings is 1. The molecule has 4 heterocycles. The maximum Gasteiger partial charge on any atom is 0.258 e. The molecule has 0 radical (unpaired) electrons. The summed E-state index contributed by atoms with van der Waals surface area (Å²) < 4.78 is 29.0. The van der Waals surface area contributed by atoms with E-state index in [0.29, 0.717) is 80.8 Å². The van der Waals surface area contributed by atoms with Crippen molar-refractivity contribution in [2.45, 2.75) is 38.0 Å². The first-order valence-corrected chi connectivity index (χ1v) is 16.3. The van der Waals surface area contributed by atoms with E-state index in [1.807, 2.05) is 42.5 Å². The molecule has 7 rings (SSSR count). The molecular weight excluding hydrogens is 616 g/mol. The molecule has 2 saturated heterocycles. The summed E-state index contributed by atoms with van der Waals surface area (Å²) in [7, 11) is 3.10. The summed E-state index contributed by atoms with van der Waals surface area (Å²) in [4.78, 5) is 44.1. The van der Waals surface area contributed by atoms with Gasteiger partial charge in [-0.2, -0.15) is 0 Å². The quantitative estimate of drug-likeness (QED) is 0.435. The smallest absolute Gasteiger partial charge is 0.258 e. The lowest BCUT2D eigenvalue weighted by Crippen LogP contribution is -2.58. The minimum absolute atomic E-state index is 0.105. The van der Waals surface area contributed by atoms with Crippen LogP contribution in [-0.4, -0.2) is 95.0 Å². The number of nitrogens with zero attached hydrogens (tertiary/aromatic N) is 2. The van der Waals surface area contributed by atoms with Crippen molar-refractivity contribution in [1.82, 2.24) is 15.5 Å². The van der Waals surface area contributed by atoms with Gasteiger partial charge in [0.2, 0.25) is 5.91 Å². The van der Waals surface area contributed by atoms with Crippen LogP contribution < -0.4 is 34.5 Å². The molecule has 2 N–H and O–H groups in total. The number of para-hydroxylation sites is 1. The average Bonchev–Trinajstić information content (AvgIpc) is 3.13. The Hall–Kier alpha value is -4.97. The van der Waals surface area contributed by atoms with Crippen LogP contribution in [0.1, 0.15) is 34.3 Å².